The van der Waals surface area contributed by atoms with Crippen LogP contribution in [0.3, 0.4) is 0 Å². The normalized spacial score (nSPS) is 14.5. The van der Waals surface area contributed by atoms with Crippen LogP contribution in [0.15, 0.2) is 23.2 Å². The average molecular weight is 348 g/mol. The van der Waals surface area contributed by atoms with E-state index in [1.807, 2.05) is 19.1 Å². The molecule has 0 bridgehead atoms. The van der Waals surface area contributed by atoms with Crippen molar-refractivity contribution in [3.8, 4) is 5.88 Å². The molecule has 0 unspecified atom stereocenters. The molecule has 0 saturated heterocycles. The van der Waals surface area contributed by atoms with Crippen molar-refractivity contribution in [2.45, 2.75) is 19.9 Å². The Balaban J connectivity index is 2.33. The number of aliphatic carboxylic acids is 1. The highest BCUT2D eigenvalue weighted by molar-refractivity contribution is 7.73. The monoisotopic (exact) mass is 348 g/mol. The van der Waals surface area contributed by atoms with Crippen LogP contribution in [0.5, 0.6) is 5.88 Å². The SMILES string of the molecule is Cc1ccc2c(c1)=C(c1sc(=S)n([C@H](C)C(=O)O)c1O)C(=O)N=2. The van der Waals surface area contributed by atoms with Gasteiger partial charge in [0.25, 0.3) is 5.91 Å². The van der Waals surface area contributed by atoms with Crippen LogP contribution in [0.2, 0.25) is 0 Å². The number of aromatic nitrogens is 1. The molecule has 6 nitrogen and oxygen atoms in total. The van der Waals surface area contributed by atoms with E-state index in [1.165, 1.54) is 6.92 Å². The van der Waals surface area contributed by atoms with Gasteiger partial charge < -0.3 is 10.2 Å². The Morgan fingerprint density at radius 2 is 2.13 bits per heavy atom. The van der Waals surface area contributed by atoms with Crippen LogP contribution >= 0.6 is 23.6 Å². The molecule has 2 heterocycles. The van der Waals surface area contributed by atoms with Gasteiger partial charge in [-0.15, -0.1) is 11.3 Å². The summed E-state index contributed by atoms with van der Waals surface area (Å²) in [6.07, 6.45) is 0. The van der Waals surface area contributed by atoms with Crippen molar-refractivity contribution in [3.05, 3.63) is 43.2 Å². The Morgan fingerprint density at radius 1 is 1.43 bits per heavy atom. The van der Waals surface area contributed by atoms with Crippen molar-refractivity contribution < 1.29 is 19.8 Å². The number of carboxylic acid groups (broad SMARTS) is 1. The standard InChI is InChI=1S/C15H12N2O4S2/c1-6-3-4-9-8(5-6)10(12(18)16-9)11-13(19)17(15(22)23-11)7(2)14(20)21/h3-5,7,19H,1-2H3,(H,20,21)/t7-/m1/s1. The van der Waals surface area contributed by atoms with Gasteiger partial charge >= 0.3 is 5.97 Å². The van der Waals surface area contributed by atoms with Crippen LogP contribution in [-0.4, -0.2) is 26.7 Å². The Kier molecular flexibility index (Phi) is 3.65. The number of nitrogens with zero attached hydrogens (tertiary/aromatic N) is 2. The second-order valence-electron chi connectivity index (χ2n) is 5.22. The zero-order valence-corrected chi connectivity index (χ0v) is 13.9. The molecule has 0 spiro atoms. The third-order valence-electron chi connectivity index (χ3n) is 3.65. The molecule has 0 radical (unpaired) electrons. The lowest BCUT2D eigenvalue weighted by Gasteiger charge is -2.09. The molecule has 118 valence electrons. The molecule has 1 aliphatic rings. The molecule has 1 amide bonds. The molecular weight excluding hydrogens is 336 g/mol. The molecule has 8 heteroatoms. The maximum absolute atomic E-state index is 12.3. The minimum Gasteiger partial charge on any atom is -0.493 e. The highest BCUT2D eigenvalue weighted by Crippen LogP contribution is 2.34. The maximum atomic E-state index is 12.3. The topological polar surface area (TPSA) is 91.9 Å². The molecule has 1 aliphatic heterocycles. The van der Waals surface area contributed by atoms with Crippen LogP contribution < -0.4 is 10.6 Å². The summed E-state index contributed by atoms with van der Waals surface area (Å²) >= 11 is 6.16. The van der Waals surface area contributed by atoms with Crippen molar-refractivity contribution in [1.82, 2.24) is 4.57 Å². The van der Waals surface area contributed by atoms with E-state index in [0.29, 0.717) is 10.6 Å². The summed E-state index contributed by atoms with van der Waals surface area (Å²) in [7, 11) is 0. The van der Waals surface area contributed by atoms with Gasteiger partial charge in [0, 0.05) is 5.22 Å². The van der Waals surface area contributed by atoms with Crippen molar-refractivity contribution in [2.75, 3.05) is 0 Å². The van der Waals surface area contributed by atoms with Gasteiger partial charge in [0.1, 0.15) is 10.9 Å². The zero-order valence-electron chi connectivity index (χ0n) is 12.2. The molecule has 0 fully saturated rings. The van der Waals surface area contributed by atoms with Crippen molar-refractivity contribution in [1.29, 1.82) is 0 Å². The van der Waals surface area contributed by atoms with Crippen molar-refractivity contribution in [3.63, 3.8) is 0 Å². The summed E-state index contributed by atoms with van der Waals surface area (Å²) in [6.45, 7) is 3.30. The van der Waals surface area contributed by atoms with Crippen LogP contribution in [-0.2, 0) is 9.59 Å². The Bertz CT molecular complexity index is 1030. The van der Waals surface area contributed by atoms with Crippen molar-refractivity contribution >= 4 is 41.0 Å². The number of amides is 1. The van der Waals surface area contributed by atoms with Gasteiger partial charge in [-0.05, 0) is 38.2 Å². The molecule has 23 heavy (non-hydrogen) atoms. The first-order valence-electron chi connectivity index (χ1n) is 6.72. The van der Waals surface area contributed by atoms with E-state index in [0.717, 1.165) is 21.5 Å². The quantitative estimate of drug-likeness (QED) is 0.816. The second-order valence-corrected chi connectivity index (χ2v) is 6.86. The minimum absolute atomic E-state index is 0.189. The Hall–Kier alpha value is -2.32. The van der Waals surface area contributed by atoms with Gasteiger partial charge in [0.05, 0.1) is 10.9 Å². The number of thiazole rings is 1. The molecule has 0 saturated carbocycles. The molecule has 1 aromatic heterocycles. The number of hydrogen-bond donors (Lipinski definition) is 2. The summed E-state index contributed by atoms with van der Waals surface area (Å²) in [4.78, 5) is 27.7. The number of carbonyl (C=O) groups is 2. The van der Waals surface area contributed by atoms with Crippen LogP contribution in [0.25, 0.3) is 5.57 Å². The number of benzene rings is 1. The first kappa shape index (κ1) is 15.6. The van der Waals surface area contributed by atoms with E-state index in [-0.39, 0.29) is 20.3 Å². The number of rotatable bonds is 3. The summed E-state index contributed by atoms with van der Waals surface area (Å²) in [6, 6.07) is 4.37. The molecule has 2 aromatic rings. The van der Waals surface area contributed by atoms with Crippen LogP contribution in [0, 0.1) is 10.9 Å². The van der Waals surface area contributed by atoms with Crippen LogP contribution in [0.1, 0.15) is 23.4 Å². The van der Waals surface area contributed by atoms with E-state index < -0.39 is 17.9 Å². The summed E-state index contributed by atoms with van der Waals surface area (Å²) < 4.78 is 1.32. The van der Waals surface area contributed by atoms with Gasteiger partial charge in [-0.1, -0.05) is 11.6 Å². The maximum Gasteiger partial charge on any atom is 0.326 e. The lowest BCUT2D eigenvalue weighted by molar-refractivity contribution is -0.140. The van der Waals surface area contributed by atoms with Gasteiger partial charge in [0.15, 0.2) is 3.95 Å². The van der Waals surface area contributed by atoms with E-state index in [1.54, 1.807) is 6.07 Å². The number of carbonyl (C=O) groups excluding carboxylic acids is 1. The second kappa shape index (κ2) is 5.39. The molecule has 1 atom stereocenters. The van der Waals surface area contributed by atoms with Crippen LogP contribution in [0.4, 0.5) is 0 Å². The lowest BCUT2D eigenvalue weighted by atomic mass is 10.1. The fourth-order valence-corrected chi connectivity index (χ4v) is 3.94. The van der Waals surface area contributed by atoms with Gasteiger partial charge in [-0.3, -0.25) is 9.36 Å². The third-order valence-corrected chi connectivity index (χ3v) is 5.06. The first-order valence-corrected chi connectivity index (χ1v) is 7.95. The predicted octanol–water partition coefficient (Wildman–Crippen LogP) is 1.30. The highest BCUT2D eigenvalue weighted by atomic mass is 32.1. The molecule has 2 N–H and O–H groups in total. The number of aryl methyl sites for hydroxylation is 1. The zero-order chi connectivity index (χ0) is 16.9. The van der Waals surface area contributed by atoms with Gasteiger partial charge in [-0.25, -0.2) is 9.79 Å². The lowest BCUT2D eigenvalue weighted by Crippen LogP contribution is -2.23. The molecular formula is C15H12N2O4S2. The molecule has 0 aliphatic carbocycles. The van der Waals surface area contributed by atoms with Gasteiger partial charge in [0.2, 0.25) is 5.88 Å². The van der Waals surface area contributed by atoms with E-state index >= 15 is 0 Å². The molecule has 1 aromatic carbocycles. The molecule has 3 rings (SSSR count). The number of fused-ring (bicyclic) bond motifs is 1. The van der Waals surface area contributed by atoms with E-state index in [2.05, 4.69) is 4.99 Å². The summed E-state index contributed by atoms with van der Waals surface area (Å²) in [5.41, 5.74) is 1.21. The van der Waals surface area contributed by atoms with Crippen molar-refractivity contribution in [2.24, 2.45) is 4.99 Å². The summed E-state index contributed by atoms with van der Waals surface area (Å²) in [5.74, 6) is -1.90. The van der Waals surface area contributed by atoms with E-state index in [9.17, 15) is 14.7 Å². The predicted molar refractivity (Wildman–Crippen MR) is 86.6 cm³/mol. The third kappa shape index (κ3) is 2.40. The average Bonchev–Trinajstić information content (AvgIpc) is 2.94. The Labute approximate surface area is 139 Å². The number of carboxylic acids is 1. The highest BCUT2D eigenvalue weighted by Gasteiger charge is 2.28. The smallest absolute Gasteiger partial charge is 0.326 e. The summed E-state index contributed by atoms with van der Waals surface area (Å²) in [5, 5.41) is 20.7. The number of hydrogen-bond acceptors (Lipinski definition) is 5. The first-order chi connectivity index (χ1) is 10.8. The largest absolute Gasteiger partial charge is 0.493 e. The number of aromatic hydroxyl groups is 1. The Morgan fingerprint density at radius 3 is 2.78 bits per heavy atom. The fraction of sp³-hybridized carbons (Fsp3) is 0.200. The fourth-order valence-electron chi connectivity index (χ4n) is 2.44. The van der Waals surface area contributed by atoms with Gasteiger partial charge in [-0.2, -0.15) is 0 Å². The minimum atomic E-state index is -1.12. The van der Waals surface area contributed by atoms with E-state index in [4.69, 9.17) is 17.3 Å².